The fourth-order valence-electron chi connectivity index (χ4n) is 1.73. The van der Waals surface area contributed by atoms with E-state index in [2.05, 4.69) is 10.3 Å². The molecule has 0 saturated heterocycles. The second kappa shape index (κ2) is 7.04. The highest BCUT2D eigenvalue weighted by Crippen LogP contribution is 2.07. The van der Waals surface area contributed by atoms with Crippen molar-refractivity contribution >= 4 is 17.6 Å². The minimum atomic E-state index is -0.755. The molecule has 0 bridgehead atoms. The summed E-state index contributed by atoms with van der Waals surface area (Å²) < 4.78 is 0. The first-order valence-corrected chi connectivity index (χ1v) is 6.15. The van der Waals surface area contributed by atoms with Crippen molar-refractivity contribution in [2.45, 2.75) is 39.0 Å². The molecule has 0 spiro atoms. The van der Waals surface area contributed by atoms with Gasteiger partial charge in [0.15, 0.2) is 0 Å². The van der Waals surface area contributed by atoms with Gasteiger partial charge in [-0.3, -0.25) is 14.6 Å². The molecule has 2 N–H and O–H groups in total. The van der Waals surface area contributed by atoms with E-state index in [1.165, 1.54) is 0 Å². The number of amides is 1. The Balaban J connectivity index is 2.04. The summed E-state index contributed by atoms with van der Waals surface area (Å²) in [4.78, 5) is 26.2. The Labute approximate surface area is 101 Å². The molecule has 0 aromatic heterocycles. The van der Waals surface area contributed by atoms with Gasteiger partial charge < -0.3 is 10.4 Å². The molecule has 0 radical (unpaired) electrons. The predicted molar refractivity (Wildman–Crippen MR) is 65.2 cm³/mol. The molecule has 0 aromatic rings. The van der Waals surface area contributed by atoms with Gasteiger partial charge in [-0.1, -0.05) is 13.3 Å². The topological polar surface area (TPSA) is 78.8 Å². The Kier molecular flexibility index (Phi) is 5.66. The Bertz CT molecular complexity index is 313. The zero-order valence-corrected chi connectivity index (χ0v) is 10.2. The van der Waals surface area contributed by atoms with Crippen LogP contribution in [0, 0.1) is 5.92 Å². The van der Waals surface area contributed by atoms with Crippen LogP contribution in [0.3, 0.4) is 0 Å². The van der Waals surface area contributed by atoms with E-state index >= 15 is 0 Å². The first-order valence-electron chi connectivity index (χ1n) is 6.15. The van der Waals surface area contributed by atoms with Crippen LogP contribution in [0.5, 0.6) is 0 Å². The van der Waals surface area contributed by atoms with Crippen molar-refractivity contribution in [3.63, 3.8) is 0 Å². The summed E-state index contributed by atoms with van der Waals surface area (Å²) in [7, 11) is 0. The number of carboxylic acid groups (broad SMARTS) is 1. The molecular weight excluding hydrogens is 220 g/mol. The first kappa shape index (κ1) is 13.7. The summed E-state index contributed by atoms with van der Waals surface area (Å²) in [5.74, 6) is -1.12. The highest BCUT2D eigenvalue weighted by atomic mass is 16.4. The summed E-state index contributed by atoms with van der Waals surface area (Å²) in [5.41, 5.74) is 0.656. The number of carbonyl (C=O) groups excluding carboxylic acids is 1. The maximum Gasteiger partial charge on any atom is 0.306 e. The molecule has 5 heteroatoms. The van der Waals surface area contributed by atoms with Gasteiger partial charge in [0.05, 0.1) is 11.6 Å². The predicted octanol–water partition coefficient (Wildman–Crippen LogP) is 1.23. The number of hydrogen-bond acceptors (Lipinski definition) is 3. The summed E-state index contributed by atoms with van der Waals surface area (Å²) in [6, 6.07) is 0. The smallest absolute Gasteiger partial charge is 0.306 e. The van der Waals surface area contributed by atoms with Crippen molar-refractivity contribution < 1.29 is 14.7 Å². The van der Waals surface area contributed by atoms with Crippen molar-refractivity contribution in [3.05, 3.63) is 0 Å². The third-order valence-corrected chi connectivity index (χ3v) is 2.91. The van der Waals surface area contributed by atoms with E-state index in [-0.39, 0.29) is 11.8 Å². The molecular formula is C12H20N2O3. The third kappa shape index (κ3) is 4.97. The lowest BCUT2D eigenvalue weighted by molar-refractivity contribution is -0.141. The number of rotatable bonds is 7. The summed E-state index contributed by atoms with van der Waals surface area (Å²) in [6.07, 6.45) is 4.05. The van der Waals surface area contributed by atoms with Gasteiger partial charge in [-0.15, -0.1) is 0 Å². The van der Waals surface area contributed by atoms with Crippen LogP contribution in [0.25, 0.3) is 0 Å². The van der Waals surface area contributed by atoms with Crippen LogP contribution in [-0.2, 0) is 9.59 Å². The normalized spacial score (nSPS) is 16.4. The van der Waals surface area contributed by atoms with Gasteiger partial charge in [-0.05, 0) is 25.7 Å². The molecule has 1 heterocycles. The lowest BCUT2D eigenvalue weighted by Gasteiger charge is -2.07. The van der Waals surface area contributed by atoms with Crippen molar-refractivity contribution in [1.29, 1.82) is 0 Å². The van der Waals surface area contributed by atoms with Crippen LogP contribution in [0.4, 0.5) is 0 Å². The van der Waals surface area contributed by atoms with Crippen LogP contribution in [0.1, 0.15) is 39.0 Å². The minimum Gasteiger partial charge on any atom is -0.481 e. The van der Waals surface area contributed by atoms with Gasteiger partial charge in [0, 0.05) is 13.1 Å². The van der Waals surface area contributed by atoms with Crippen molar-refractivity contribution in [3.8, 4) is 0 Å². The monoisotopic (exact) mass is 240 g/mol. The van der Waals surface area contributed by atoms with E-state index in [0.29, 0.717) is 18.7 Å². The molecule has 0 aliphatic carbocycles. The quantitative estimate of drug-likeness (QED) is 0.657. The molecule has 1 atom stereocenters. The first-order chi connectivity index (χ1) is 8.11. The highest BCUT2D eigenvalue weighted by Gasteiger charge is 2.14. The molecule has 1 amide bonds. The average Bonchev–Trinajstić information content (AvgIpc) is 2.81. The maximum atomic E-state index is 11.5. The van der Waals surface area contributed by atoms with Gasteiger partial charge >= 0.3 is 5.97 Å². The Morgan fingerprint density at radius 3 is 2.82 bits per heavy atom. The van der Waals surface area contributed by atoms with Gasteiger partial charge in [0.2, 0.25) is 0 Å². The van der Waals surface area contributed by atoms with Crippen LogP contribution in [0.2, 0.25) is 0 Å². The second-order valence-corrected chi connectivity index (χ2v) is 4.42. The van der Waals surface area contributed by atoms with Crippen LogP contribution < -0.4 is 5.32 Å². The number of hydrogen-bond donors (Lipinski definition) is 2. The number of aliphatic carboxylic acids is 1. The number of carboxylic acids is 1. The van der Waals surface area contributed by atoms with Crippen LogP contribution in [0.15, 0.2) is 4.99 Å². The molecule has 1 rings (SSSR count). The van der Waals surface area contributed by atoms with Gasteiger partial charge in [-0.2, -0.15) is 0 Å². The van der Waals surface area contributed by atoms with Gasteiger partial charge in [-0.25, -0.2) is 0 Å². The number of nitrogens with one attached hydrogen (secondary N) is 1. The lowest BCUT2D eigenvalue weighted by Crippen LogP contribution is -2.30. The van der Waals surface area contributed by atoms with E-state index in [9.17, 15) is 9.59 Å². The highest BCUT2D eigenvalue weighted by molar-refractivity contribution is 6.39. The van der Waals surface area contributed by atoms with E-state index < -0.39 is 5.97 Å². The largest absolute Gasteiger partial charge is 0.481 e. The molecule has 1 unspecified atom stereocenters. The standard InChI is InChI=1S/C12H20N2O3/c1-9(12(16)17)5-2-3-7-14-11(15)10-6-4-8-13-10/h9H,2-8H2,1H3,(H,14,15)(H,16,17). The average molecular weight is 240 g/mol. The number of unbranched alkanes of at least 4 members (excludes halogenated alkanes) is 1. The van der Waals surface area contributed by atoms with E-state index in [0.717, 1.165) is 32.2 Å². The van der Waals surface area contributed by atoms with Crippen molar-refractivity contribution in [2.75, 3.05) is 13.1 Å². The fourth-order valence-corrected chi connectivity index (χ4v) is 1.73. The Morgan fingerprint density at radius 2 is 2.24 bits per heavy atom. The third-order valence-electron chi connectivity index (χ3n) is 2.91. The second-order valence-electron chi connectivity index (χ2n) is 4.42. The molecule has 5 nitrogen and oxygen atoms in total. The number of aliphatic imine (C=N–C) groups is 1. The SMILES string of the molecule is CC(CCCCNC(=O)C1=NCCC1)C(=O)O. The zero-order chi connectivity index (χ0) is 12.7. The summed E-state index contributed by atoms with van der Waals surface area (Å²) in [5, 5.41) is 11.5. The molecule has 1 aliphatic heterocycles. The van der Waals surface area contributed by atoms with Crippen molar-refractivity contribution in [1.82, 2.24) is 5.32 Å². The van der Waals surface area contributed by atoms with Crippen molar-refractivity contribution in [2.24, 2.45) is 10.9 Å². The molecule has 17 heavy (non-hydrogen) atoms. The van der Waals surface area contributed by atoms with E-state index in [4.69, 9.17) is 5.11 Å². The summed E-state index contributed by atoms with van der Waals surface area (Å²) in [6.45, 7) is 3.07. The maximum absolute atomic E-state index is 11.5. The van der Waals surface area contributed by atoms with Gasteiger partial charge in [0.25, 0.3) is 5.91 Å². The Hall–Kier alpha value is -1.39. The molecule has 0 saturated carbocycles. The molecule has 0 fully saturated rings. The fraction of sp³-hybridized carbons (Fsp3) is 0.750. The van der Waals surface area contributed by atoms with Crippen LogP contribution >= 0.6 is 0 Å². The number of carbonyl (C=O) groups is 2. The molecule has 96 valence electrons. The summed E-state index contributed by atoms with van der Waals surface area (Å²) >= 11 is 0. The molecule has 0 aromatic carbocycles. The van der Waals surface area contributed by atoms with Gasteiger partial charge in [0.1, 0.15) is 0 Å². The lowest BCUT2D eigenvalue weighted by atomic mass is 10.0. The van der Waals surface area contributed by atoms with Crippen LogP contribution in [-0.4, -0.2) is 35.8 Å². The van der Waals surface area contributed by atoms with E-state index in [1.54, 1.807) is 6.92 Å². The molecule has 1 aliphatic rings. The minimum absolute atomic E-state index is 0.0613. The Morgan fingerprint density at radius 1 is 1.47 bits per heavy atom. The number of nitrogens with zero attached hydrogens (tertiary/aromatic N) is 1. The zero-order valence-electron chi connectivity index (χ0n) is 10.2. The van der Waals surface area contributed by atoms with E-state index in [1.807, 2.05) is 0 Å².